The van der Waals surface area contributed by atoms with Crippen LogP contribution >= 0.6 is 11.3 Å². The molecular formula is C16H13NS. The van der Waals surface area contributed by atoms with Crippen molar-refractivity contribution in [1.29, 1.82) is 0 Å². The summed E-state index contributed by atoms with van der Waals surface area (Å²) in [4.78, 5) is 4.64. The van der Waals surface area contributed by atoms with Crippen LogP contribution in [-0.4, -0.2) is 4.98 Å². The zero-order valence-electron chi connectivity index (χ0n) is 9.97. The van der Waals surface area contributed by atoms with Gasteiger partial charge in [-0.1, -0.05) is 24.3 Å². The highest BCUT2D eigenvalue weighted by atomic mass is 32.1. The van der Waals surface area contributed by atoms with Crippen LogP contribution in [0.25, 0.3) is 21.3 Å². The van der Waals surface area contributed by atoms with E-state index in [1.165, 1.54) is 34.1 Å². The minimum atomic E-state index is 0.783. The molecule has 2 aromatic heterocycles. The van der Waals surface area contributed by atoms with E-state index in [1.54, 1.807) is 11.3 Å². The SMILES string of the molecule is c1ccc2c(-c3ccc(C4CC4)cn3)csc2c1. The molecule has 0 amide bonds. The molecule has 1 aliphatic carbocycles. The Bertz CT molecular complexity index is 692. The molecule has 1 aromatic carbocycles. The number of benzene rings is 1. The zero-order valence-corrected chi connectivity index (χ0v) is 10.8. The van der Waals surface area contributed by atoms with Gasteiger partial charge < -0.3 is 0 Å². The first kappa shape index (κ1) is 10.3. The summed E-state index contributed by atoms with van der Waals surface area (Å²) in [7, 11) is 0. The molecule has 0 radical (unpaired) electrons. The molecule has 0 unspecified atom stereocenters. The topological polar surface area (TPSA) is 12.9 Å². The van der Waals surface area contributed by atoms with Crippen molar-refractivity contribution in [2.45, 2.75) is 18.8 Å². The molecule has 4 rings (SSSR count). The molecular weight excluding hydrogens is 238 g/mol. The fourth-order valence-corrected chi connectivity index (χ4v) is 3.35. The van der Waals surface area contributed by atoms with Gasteiger partial charge in [0.1, 0.15) is 0 Å². The van der Waals surface area contributed by atoms with Crippen molar-refractivity contribution in [2.75, 3.05) is 0 Å². The molecule has 1 nitrogen and oxygen atoms in total. The lowest BCUT2D eigenvalue weighted by Gasteiger charge is -2.01. The van der Waals surface area contributed by atoms with Gasteiger partial charge in [-0.3, -0.25) is 4.98 Å². The zero-order chi connectivity index (χ0) is 11.9. The fourth-order valence-electron chi connectivity index (χ4n) is 2.40. The number of hydrogen-bond acceptors (Lipinski definition) is 2. The molecule has 0 N–H and O–H groups in total. The second-order valence-electron chi connectivity index (χ2n) is 4.90. The number of rotatable bonds is 2. The van der Waals surface area contributed by atoms with Gasteiger partial charge in [0.05, 0.1) is 5.69 Å². The van der Waals surface area contributed by atoms with Crippen molar-refractivity contribution >= 4 is 21.4 Å². The summed E-state index contributed by atoms with van der Waals surface area (Å²) in [6, 6.07) is 12.9. The number of thiophene rings is 1. The molecule has 18 heavy (non-hydrogen) atoms. The average molecular weight is 251 g/mol. The minimum absolute atomic E-state index is 0.783. The average Bonchev–Trinajstić information content (AvgIpc) is 3.19. The predicted molar refractivity (Wildman–Crippen MR) is 77.0 cm³/mol. The lowest BCUT2D eigenvalue weighted by molar-refractivity contribution is 1.10. The summed E-state index contributed by atoms with van der Waals surface area (Å²) in [5.41, 5.74) is 3.76. The Morgan fingerprint density at radius 2 is 1.94 bits per heavy atom. The Hall–Kier alpha value is -1.67. The standard InChI is InChI=1S/C16H13NS/c1-2-4-16-13(3-1)14(10-18-16)15-8-7-12(9-17-15)11-5-6-11/h1-4,7-11H,5-6H2. The fraction of sp³-hybridized carbons (Fsp3) is 0.188. The van der Waals surface area contributed by atoms with Crippen LogP contribution in [0, 0.1) is 0 Å². The second-order valence-corrected chi connectivity index (χ2v) is 5.81. The van der Waals surface area contributed by atoms with Crippen molar-refractivity contribution in [2.24, 2.45) is 0 Å². The third kappa shape index (κ3) is 1.65. The Balaban J connectivity index is 1.81. The van der Waals surface area contributed by atoms with Crippen LogP contribution in [0.2, 0.25) is 0 Å². The van der Waals surface area contributed by atoms with Crippen LogP contribution in [-0.2, 0) is 0 Å². The molecule has 1 aliphatic rings. The summed E-state index contributed by atoms with van der Waals surface area (Å²) in [5, 5.41) is 3.53. The monoisotopic (exact) mass is 251 g/mol. The van der Waals surface area contributed by atoms with E-state index < -0.39 is 0 Å². The summed E-state index contributed by atoms with van der Waals surface area (Å²) >= 11 is 1.79. The predicted octanol–water partition coefficient (Wildman–Crippen LogP) is 4.84. The molecule has 2 heteroatoms. The van der Waals surface area contributed by atoms with Crippen molar-refractivity contribution in [3.63, 3.8) is 0 Å². The molecule has 0 saturated heterocycles. The third-order valence-electron chi connectivity index (χ3n) is 3.59. The quantitative estimate of drug-likeness (QED) is 0.635. The van der Waals surface area contributed by atoms with Gasteiger partial charge in [0.15, 0.2) is 0 Å². The number of nitrogens with zero attached hydrogens (tertiary/aromatic N) is 1. The van der Waals surface area contributed by atoms with Crippen LogP contribution in [0.5, 0.6) is 0 Å². The maximum Gasteiger partial charge on any atom is 0.0716 e. The van der Waals surface area contributed by atoms with Crippen LogP contribution < -0.4 is 0 Å². The normalized spacial score (nSPS) is 15.1. The highest BCUT2D eigenvalue weighted by molar-refractivity contribution is 7.17. The van der Waals surface area contributed by atoms with Gasteiger partial charge in [-0.05, 0) is 36.5 Å². The molecule has 0 bridgehead atoms. The van der Waals surface area contributed by atoms with E-state index >= 15 is 0 Å². The van der Waals surface area contributed by atoms with Crippen molar-refractivity contribution in [1.82, 2.24) is 4.98 Å². The molecule has 0 aliphatic heterocycles. The van der Waals surface area contributed by atoms with Crippen LogP contribution in [0.3, 0.4) is 0 Å². The van der Waals surface area contributed by atoms with E-state index in [9.17, 15) is 0 Å². The molecule has 2 heterocycles. The third-order valence-corrected chi connectivity index (χ3v) is 4.56. The summed E-state index contributed by atoms with van der Waals surface area (Å²) in [5.74, 6) is 0.783. The molecule has 3 aromatic rings. The number of pyridine rings is 1. The van der Waals surface area contributed by atoms with E-state index in [-0.39, 0.29) is 0 Å². The first-order valence-electron chi connectivity index (χ1n) is 6.34. The minimum Gasteiger partial charge on any atom is -0.256 e. The van der Waals surface area contributed by atoms with Gasteiger partial charge in [-0.2, -0.15) is 0 Å². The molecule has 88 valence electrons. The van der Waals surface area contributed by atoms with Crippen molar-refractivity contribution in [3.8, 4) is 11.3 Å². The van der Waals surface area contributed by atoms with Crippen molar-refractivity contribution in [3.05, 3.63) is 53.5 Å². The highest BCUT2D eigenvalue weighted by Gasteiger charge is 2.23. The van der Waals surface area contributed by atoms with E-state index in [4.69, 9.17) is 0 Å². The van der Waals surface area contributed by atoms with Crippen molar-refractivity contribution < 1.29 is 0 Å². The van der Waals surface area contributed by atoms with Gasteiger partial charge in [0, 0.05) is 27.2 Å². The lowest BCUT2D eigenvalue weighted by atomic mass is 10.1. The maximum absolute atomic E-state index is 4.64. The van der Waals surface area contributed by atoms with E-state index in [1.807, 2.05) is 0 Å². The van der Waals surface area contributed by atoms with Crippen LogP contribution in [0.4, 0.5) is 0 Å². The summed E-state index contributed by atoms with van der Waals surface area (Å²) in [6.45, 7) is 0. The largest absolute Gasteiger partial charge is 0.256 e. The van der Waals surface area contributed by atoms with Gasteiger partial charge in [-0.25, -0.2) is 0 Å². The Morgan fingerprint density at radius 1 is 1.06 bits per heavy atom. The number of aromatic nitrogens is 1. The van der Waals surface area contributed by atoms with Crippen LogP contribution in [0.15, 0.2) is 48.0 Å². The summed E-state index contributed by atoms with van der Waals surface area (Å²) in [6.07, 6.45) is 4.73. The Labute approximate surface area is 110 Å². The number of fused-ring (bicyclic) bond motifs is 1. The highest BCUT2D eigenvalue weighted by Crippen LogP contribution is 2.40. The summed E-state index contributed by atoms with van der Waals surface area (Å²) < 4.78 is 1.33. The van der Waals surface area contributed by atoms with E-state index in [0.717, 1.165) is 11.6 Å². The molecule has 0 atom stereocenters. The maximum atomic E-state index is 4.64. The molecule has 1 fully saturated rings. The Kier molecular flexibility index (Phi) is 2.24. The smallest absolute Gasteiger partial charge is 0.0716 e. The first-order chi connectivity index (χ1) is 8.92. The van der Waals surface area contributed by atoms with Gasteiger partial charge in [-0.15, -0.1) is 11.3 Å². The van der Waals surface area contributed by atoms with E-state index in [0.29, 0.717) is 0 Å². The number of hydrogen-bond donors (Lipinski definition) is 0. The Morgan fingerprint density at radius 3 is 2.72 bits per heavy atom. The first-order valence-corrected chi connectivity index (χ1v) is 7.22. The second kappa shape index (κ2) is 3.92. The van der Waals surface area contributed by atoms with Crippen LogP contribution in [0.1, 0.15) is 24.3 Å². The molecule has 1 saturated carbocycles. The van der Waals surface area contributed by atoms with Gasteiger partial charge in [0.2, 0.25) is 0 Å². The van der Waals surface area contributed by atoms with Gasteiger partial charge >= 0.3 is 0 Å². The molecule has 0 spiro atoms. The van der Waals surface area contributed by atoms with E-state index in [2.05, 4.69) is 53.0 Å². The van der Waals surface area contributed by atoms with Gasteiger partial charge in [0.25, 0.3) is 0 Å². The lowest BCUT2D eigenvalue weighted by Crippen LogP contribution is -1.85.